The van der Waals surface area contributed by atoms with Crippen molar-refractivity contribution in [1.82, 2.24) is 10.6 Å². The number of nitrogens with zero attached hydrogens (tertiary/aromatic N) is 1. The first kappa shape index (κ1) is 16.0. The molecule has 0 fully saturated rings. The number of methoxy groups -OCH3 is 1. The summed E-state index contributed by atoms with van der Waals surface area (Å²) in [4.78, 5) is 5.66. The van der Waals surface area contributed by atoms with Crippen LogP contribution in [0.3, 0.4) is 0 Å². The monoisotopic (exact) mass is 283 g/mol. The lowest BCUT2D eigenvalue weighted by atomic mass is 10.1. The molecule has 0 aliphatic heterocycles. The van der Waals surface area contributed by atoms with Gasteiger partial charge in [0.1, 0.15) is 0 Å². The van der Waals surface area contributed by atoms with Gasteiger partial charge in [0.05, 0.1) is 6.61 Å². The Labute approximate surface area is 120 Å². The van der Waals surface area contributed by atoms with E-state index in [1.54, 1.807) is 14.2 Å². The van der Waals surface area contributed by atoms with E-state index in [0.29, 0.717) is 12.5 Å². The van der Waals surface area contributed by atoms with Crippen LogP contribution in [-0.2, 0) is 11.2 Å². The number of hydrogen-bond acceptors (Lipinski definition) is 3. The van der Waals surface area contributed by atoms with Gasteiger partial charge in [-0.1, -0.05) is 13.0 Å². The number of rotatable bonds is 7. The van der Waals surface area contributed by atoms with Gasteiger partial charge in [-0.3, -0.25) is 4.99 Å². The second-order valence-corrected chi connectivity index (χ2v) is 5.87. The molecular weight excluding hydrogens is 258 g/mol. The molecule has 2 atom stereocenters. The Bertz CT molecular complexity index is 365. The topological polar surface area (TPSA) is 45.7 Å². The van der Waals surface area contributed by atoms with Crippen molar-refractivity contribution < 1.29 is 4.74 Å². The summed E-state index contributed by atoms with van der Waals surface area (Å²) in [5.74, 6) is 1.41. The van der Waals surface area contributed by atoms with Crippen LogP contribution >= 0.6 is 11.3 Å². The van der Waals surface area contributed by atoms with Crippen LogP contribution in [0.2, 0.25) is 0 Å². The second kappa shape index (κ2) is 8.93. The third-order valence-corrected chi connectivity index (χ3v) is 3.67. The zero-order valence-electron chi connectivity index (χ0n) is 12.3. The summed E-state index contributed by atoms with van der Waals surface area (Å²) < 4.78 is 5.10. The fraction of sp³-hybridized carbons (Fsp3) is 0.643. The molecule has 1 heterocycles. The first-order chi connectivity index (χ1) is 9.15. The number of thiophene rings is 1. The molecule has 0 radical (unpaired) electrons. The van der Waals surface area contributed by atoms with E-state index in [-0.39, 0.29) is 6.04 Å². The van der Waals surface area contributed by atoms with Crippen LogP contribution in [0, 0.1) is 5.92 Å². The van der Waals surface area contributed by atoms with E-state index in [1.165, 1.54) is 4.88 Å². The largest absolute Gasteiger partial charge is 0.383 e. The van der Waals surface area contributed by atoms with Gasteiger partial charge in [0.2, 0.25) is 0 Å². The van der Waals surface area contributed by atoms with Gasteiger partial charge in [-0.05, 0) is 30.7 Å². The lowest BCUT2D eigenvalue weighted by Crippen LogP contribution is -2.45. The van der Waals surface area contributed by atoms with Crippen molar-refractivity contribution in [3.05, 3.63) is 22.4 Å². The minimum Gasteiger partial charge on any atom is -0.383 e. The molecule has 0 aromatic carbocycles. The highest BCUT2D eigenvalue weighted by Crippen LogP contribution is 2.13. The highest BCUT2D eigenvalue weighted by molar-refractivity contribution is 7.09. The highest BCUT2D eigenvalue weighted by Gasteiger charge is 2.08. The standard InChI is InChI=1S/C14H25N3OS/c1-11(8-13-6-5-7-19-13)9-16-14(15-3)17-12(2)10-18-4/h5-7,11-12H,8-10H2,1-4H3,(H2,15,16,17). The molecule has 108 valence electrons. The molecule has 0 amide bonds. The second-order valence-electron chi connectivity index (χ2n) is 4.84. The van der Waals surface area contributed by atoms with E-state index in [2.05, 4.69) is 47.0 Å². The summed E-state index contributed by atoms with van der Waals surface area (Å²) in [7, 11) is 3.50. The lowest BCUT2D eigenvalue weighted by molar-refractivity contribution is 0.179. The fourth-order valence-electron chi connectivity index (χ4n) is 1.83. The van der Waals surface area contributed by atoms with E-state index >= 15 is 0 Å². The zero-order chi connectivity index (χ0) is 14.1. The summed E-state index contributed by atoms with van der Waals surface area (Å²) in [5, 5.41) is 8.78. The molecule has 1 aromatic heterocycles. The SMILES string of the molecule is CN=C(NCC(C)Cc1cccs1)NC(C)COC. The van der Waals surface area contributed by atoms with Crippen LogP contribution in [0.4, 0.5) is 0 Å². The Hall–Kier alpha value is -1.07. The Kier molecular flexibility index (Phi) is 7.52. The van der Waals surface area contributed by atoms with Crippen LogP contribution in [0.1, 0.15) is 18.7 Å². The third-order valence-electron chi connectivity index (χ3n) is 2.77. The minimum absolute atomic E-state index is 0.254. The molecule has 0 aliphatic carbocycles. The Morgan fingerprint density at radius 3 is 2.84 bits per heavy atom. The van der Waals surface area contributed by atoms with Gasteiger partial charge in [0.15, 0.2) is 5.96 Å². The Balaban J connectivity index is 2.28. The minimum atomic E-state index is 0.254. The molecule has 4 nitrogen and oxygen atoms in total. The zero-order valence-corrected chi connectivity index (χ0v) is 13.1. The molecular formula is C14H25N3OS. The number of guanidine groups is 1. The van der Waals surface area contributed by atoms with E-state index in [9.17, 15) is 0 Å². The molecule has 0 saturated carbocycles. The first-order valence-corrected chi connectivity index (χ1v) is 7.52. The van der Waals surface area contributed by atoms with Gasteiger partial charge in [-0.25, -0.2) is 0 Å². The number of hydrogen-bond donors (Lipinski definition) is 2. The van der Waals surface area contributed by atoms with Crippen LogP contribution < -0.4 is 10.6 Å². The van der Waals surface area contributed by atoms with Gasteiger partial charge in [0.25, 0.3) is 0 Å². The molecule has 1 aromatic rings. The highest BCUT2D eigenvalue weighted by atomic mass is 32.1. The van der Waals surface area contributed by atoms with Crippen LogP contribution in [0.5, 0.6) is 0 Å². The van der Waals surface area contributed by atoms with Crippen molar-refractivity contribution in [2.24, 2.45) is 10.9 Å². The summed E-state index contributed by atoms with van der Waals surface area (Å²) >= 11 is 1.82. The quantitative estimate of drug-likeness (QED) is 0.595. The number of nitrogens with one attached hydrogen (secondary N) is 2. The van der Waals surface area contributed by atoms with Crippen molar-refractivity contribution in [3.8, 4) is 0 Å². The van der Waals surface area contributed by atoms with E-state index in [0.717, 1.165) is 18.9 Å². The maximum atomic E-state index is 5.10. The summed E-state index contributed by atoms with van der Waals surface area (Å²) in [6, 6.07) is 4.55. The Morgan fingerprint density at radius 1 is 1.47 bits per heavy atom. The predicted octanol–water partition coefficient (Wildman–Crippen LogP) is 2.13. The molecule has 2 unspecified atom stereocenters. The van der Waals surface area contributed by atoms with Crippen molar-refractivity contribution in [3.63, 3.8) is 0 Å². The van der Waals surface area contributed by atoms with Crippen LogP contribution in [-0.4, -0.2) is 39.3 Å². The normalized spacial score (nSPS) is 15.1. The average molecular weight is 283 g/mol. The van der Waals surface area contributed by atoms with Crippen molar-refractivity contribution in [2.45, 2.75) is 26.3 Å². The van der Waals surface area contributed by atoms with E-state index in [1.807, 2.05) is 11.3 Å². The van der Waals surface area contributed by atoms with Gasteiger partial charge in [-0.2, -0.15) is 0 Å². The molecule has 19 heavy (non-hydrogen) atoms. The summed E-state index contributed by atoms with van der Waals surface area (Å²) in [6.45, 7) is 5.91. The van der Waals surface area contributed by atoms with E-state index in [4.69, 9.17) is 4.74 Å². The molecule has 0 aliphatic rings. The molecule has 1 rings (SSSR count). The van der Waals surface area contributed by atoms with Gasteiger partial charge in [0, 0.05) is 31.6 Å². The van der Waals surface area contributed by atoms with Crippen molar-refractivity contribution in [2.75, 3.05) is 27.3 Å². The van der Waals surface area contributed by atoms with Crippen molar-refractivity contribution >= 4 is 17.3 Å². The van der Waals surface area contributed by atoms with Gasteiger partial charge < -0.3 is 15.4 Å². The maximum Gasteiger partial charge on any atom is 0.191 e. The van der Waals surface area contributed by atoms with Gasteiger partial charge in [-0.15, -0.1) is 11.3 Å². The predicted molar refractivity (Wildman–Crippen MR) is 83.0 cm³/mol. The number of aliphatic imine (C=N–C) groups is 1. The Morgan fingerprint density at radius 2 is 2.26 bits per heavy atom. The lowest BCUT2D eigenvalue weighted by Gasteiger charge is -2.19. The average Bonchev–Trinajstić information content (AvgIpc) is 2.87. The molecule has 0 spiro atoms. The number of ether oxygens (including phenoxy) is 1. The van der Waals surface area contributed by atoms with Gasteiger partial charge >= 0.3 is 0 Å². The third kappa shape index (κ3) is 6.59. The summed E-state index contributed by atoms with van der Waals surface area (Å²) in [5.41, 5.74) is 0. The molecule has 0 saturated heterocycles. The van der Waals surface area contributed by atoms with Crippen molar-refractivity contribution in [1.29, 1.82) is 0 Å². The molecule has 0 bridgehead atoms. The molecule has 5 heteroatoms. The maximum absolute atomic E-state index is 5.10. The van der Waals surface area contributed by atoms with E-state index < -0.39 is 0 Å². The smallest absolute Gasteiger partial charge is 0.191 e. The fourth-order valence-corrected chi connectivity index (χ4v) is 2.70. The molecule has 2 N–H and O–H groups in total. The van der Waals surface area contributed by atoms with Crippen LogP contribution in [0.25, 0.3) is 0 Å². The summed E-state index contributed by atoms with van der Waals surface area (Å²) in [6.07, 6.45) is 1.11. The van der Waals surface area contributed by atoms with Crippen LogP contribution in [0.15, 0.2) is 22.5 Å². The first-order valence-electron chi connectivity index (χ1n) is 6.64.